The van der Waals surface area contributed by atoms with Gasteiger partial charge in [0.2, 0.25) is 5.91 Å². The van der Waals surface area contributed by atoms with Crippen molar-refractivity contribution in [2.45, 2.75) is 31.7 Å². The summed E-state index contributed by atoms with van der Waals surface area (Å²) in [7, 11) is 0. The van der Waals surface area contributed by atoms with Crippen LogP contribution in [0.15, 0.2) is 30.6 Å². The summed E-state index contributed by atoms with van der Waals surface area (Å²) in [5.41, 5.74) is 1.63. The highest BCUT2D eigenvalue weighted by Gasteiger charge is 2.31. The molecule has 8 nitrogen and oxygen atoms in total. The van der Waals surface area contributed by atoms with E-state index in [4.69, 9.17) is 0 Å². The van der Waals surface area contributed by atoms with Gasteiger partial charge in [-0.25, -0.2) is 9.48 Å². The maximum Gasteiger partial charge on any atom is 0.326 e. The van der Waals surface area contributed by atoms with Crippen molar-refractivity contribution in [2.75, 3.05) is 6.54 Å². The minimum Gasteiger partial charge on any atom is -0.480 e. The quantitative estimate of drug-likeness (QED) is 0.890. The van der Waals surface area contributed by atoms with E-state index in [0.29, 0.717) is 13.0 Å². The average molecular weight is 315 g/mol. The molecule has 23 heavy (non-hydrogen) atoms. The fourth-order valence-electron chi connectivity index (χ4n) is 2.81. The second kappa shape index (κ2) is 6.55. The summed E-state index contributed by atoms with van der Waals surface area (Å²) in [6, 6.07) is 6.61. The number of carbonyl (C=O) groups is 2. The van der Waals surface area contributed by atoms with Crippen LogP contribution in [0.2, 0.25) is 0 Å². The molecular weight excluding hydrogens is 298 g/mol. The Morgan fingerprint density at radius 1 is 1.22 bits per heavy atom. The molecule has 1 amide bonds. The normalized spacial score (nSPS) is 17.9. The van der Waals surface area contributed by atoms with E-state index in [1.807, 2.05) is 24.3 Å². The third-order valence-corrected chi connectivity index (χ3v) is 4.01. The number of hydrogen-bond donors (Lipinski definition) is 1. The number of aromatic nitrogens is 4. The molecule has 120 valence electrons. The summed E-state index contributed by atoms with van der Waals surface area (Å²) in [5, 5.41) is 20.2. The number of nitrogens with zero attached hydrogens (tertiary/aromatic N) is 5. The van der Waals surface area contributed by atoms with Crippen molar-refractivity contribution in [2.24, 2.45) is 0 Å². The second-order valence-corrected chi connectivity index (χ2v) is 5.53. The molecule has 2 heterocycles. The maximum absolute atomic E-state index is 12.4. The number of tetrazole rings is 1. The summed E-state index contributed by atoms with van der Waals surface area (Å²) >= 11 is 0. The Labute approximate surface area is 132 Å². The van der Waals surface area contributed by atoms with Gasteiger partial charge in [-0.3, -0.25) is 4.79 Å². The molecule has 0 unspecified atom stereocenters. The number of likely N-dealkylation sites (tertiary alicyclic amines) is 1. The number of hydrogen-bond acceptors (Lipinski definition) is 5. The number of amides is 1. The fourth-order valence-corrected chi connectivity index (χ4v) is 2.81. The molecule has 1 fully saturated rings. The summed E-state index contributed by atoms with van der Waals surface area (Å²) < 4.78 is 1.52. The zero-order valence-corrected chi connectivity index (χ0v) is 12.5. The Bertz CT molecular complexity index is 684. The lowest BCUT2D eigenvalue weighted by Gasteiger charge is -2.33. The largest absolute Gasteiger partial charge is 0.480 e. The van der Waals surface area contributed by atoms with Crippen LogP contribution in [0.3, 0.4) is 0 Å². The van der Waals surface area contributed by atoms with Crippen molar-refractivity contribution < 1.29 is 14.7 Å². The molecule has 1 aliphatic heterocycles. The van der Waals surface area contributed by atoms with Gasteiger partial charge in [0, 0.05) is 6.54 Å². The first-order valence-corrected chi connectivity index (χ1v) is 7.50. The SMILES string of the molecule is O=C(O)[C@H]1CCCCN1C(=O)Cc1ccc(-n2cnnn2)cc1. The van der Waals surface area contributed by atoms with Gasteiger partial charge in [-0.15, -0.1) is 5.10 Å². The van der Waals surface area contributed by atoms with Gasteiger partial charge >= 0.3 is 5.97 Å². The Morgan fingerprint density at radius 3 is 2.65 bits per heavy atom. The molecular formula is C15H17N5O3. The van der Waals surface area contributed by atoms with Gasteiger partial charge in [0.1, 0.15) is 12.4 Å². The highest BCUT2D eigenvalue weighted by molar-refractivity contribution is 5.85. The minimum atomic E-state index is -0.924. The highest BCUT2D eigenvalue weighted by atomic mass is 16.4. The zero-order chi connectivity index (χ0) is 16.2. The van der Waals surface area contributed by atoms with Gasteiger partial charge in [0.15, 0.2) is 0 Å². The molecule has 0 aliphatic carbocycles. The third-order valence-electron chi connectivity index (χ3n) is 4.01. The summed E-state index contributed by atoms with van der Waals surface area (Å²) in [5.74, 6) is -1.07. The van der Waals surface area contributed by atoms with Crippen LogP contribution < -0.4 is 0 Å². The lowest BCUT2D eigenvalue weighted by molar-refractivity contribution is -0.151. The maximum atomic E-state index is 12.4. The zero-order valence-electron chi connectivity index (χ0n) is 12.5. The topological polar surface area (TPSA) is 101 Å². The van der Waals surface area contributed by atoms with Crippen LogP contribution in [0.1, 0.15) is 24.8 Å². The van der Waals surface area contributed by atoms with E-state index in [2.05, 4.69) is 15.5 Å². The average Bonchev–Trinajstić information content (AvgIpc) is 3.10. The second-order valence-electron chi connectivity index (χ2n) is 5.53. The van der Waals surface area contributed by atoms with Gasteiger partial charge in [-0.05, 0) is 47.4 Å². The molecule has 1 saturated heterocycles. The van der Waals surface area contributed by atoms with Crippen molar-refractivity contribution in [1.29, 1.82) is 0 Å². The van der Waals surface area contributed by atoms with Gasteiger partial charge in [-0.2, -0.15) is 0 Å². The first kappa shape index (κ1) is 15.1. The smallest absolute Gasteiger partial charge is 0.326 e. The predicted molar refractivity (Wildman–Crippen MR) is 79.8 cm³/mol. The standard InChI is InChI=1S/C15H17N5O3/c21-14(19-8-2-1-3-13(19)15(22)23)9-11-4-6-12(7-5-11)20-10-16-17-18-20/h4-7,10,13H,1-3,8-9H2,(H,22,23)/t13-/m1/s1. The van der Waals surface area contributed by atoms with Crippen LogP contribution in [-0.2, 0) is 16.0 Å². The first-order valence-electron chi connectivity index (χ1n) is 7.50. The Morgan fingerprint density at radius 2 is 2.00 bits per heavy atom. The molecule has 0 radical (unpaired) electrons. The van der Waals surface area contributed by atoms with Gasteiger partial charge in [0.25, 0.3) is 0 Å². The molecule has 1 aromatic carbocycles. The van der Waals surface area contributed by atoms with Crippen molar-refractivity contribution in [1.82, 2.24) is 25.1 Å². The minimum absolute atomic E-state index is 0.146. The van der Waals surface area contributed by atoms with Gasteiger partial charge in [-0.1, -0.05) is 12.1 Å². The Kier molecular flexibility index (Phi) is 4.31. The van der Waals surface area contributed by atoms with Gasteiger partial charge < -0.3 is 10.0 Å². The van der Waals surface area contributed by atoms with Crippen LogP contribution in [0.5, 0.6) is 0 Å². The van der Waals surface area contributed by atoms with Crippen LogP contribution in [0.4, 0.5) is 0 Å². The van der Waals surface area contributed by atoms with Crippen molar-refractivity contribution in [3.63, 3.8) is 0 Å². The van der Waals surface area contributed by atoms with E-state index in [-0.39, 0.29) is 12.3 Å². The van der Waals surface area contributed by atoms with Crippen molar-refractivity contribution in [3.8, 4) is 5.69 Å². The molecule has 1 N–H and O–H groups in total. The molecule has 0 bridgehead atoms. The molecule has 2 aromatic rings. The van der Waals surface area contributed by atoms with Crippen molar-refractivity contribution in [3.05, 3.63) is 36.2 Å². The van der Waals surface area contributed by atoms with Crippen LogP contribution >= 0.6 is 0 Å². The molecule has 1 aliphatic rings. The molecule has 1 atom stereocenters. The Hall–Kier alpha value is -2.77. The Balaban J connectivity index is 1.68. The third kappa shape index (κ3) is 3.36. The number of benzene rings is 1. The van der Waals surface area contributed by atoms with Crippen LogP contribution in [-0.4, -0.2) is 54.7 Å². The van der Waals surface area contributed by atoms with E-state index in [1.165, 1.54) is 15.9 Å². The number of rotatable bonds is 4. The molecule has 0 saturated carbocycles. The number of piperidine rings is 1. The fraction of sp³-hybridized carbons (Fsp3) is 0.400. The first-order chi connectivity index (χ1) is 11.1. The lowest BCUT2D eigenvalue weighted by Crippen LogP contribution is -2.48. The molecule has 0 spiro atoms. The number of carboxylic acid groups (broad SMARTS) is 1. The monoisotopic (exact) mass is 315 g/mol. The van der Waals surface area contributed by atoms with Crippen LogP contribution in [0, 0.1) is 0 Å². The van der Waals surface area contributed by atoms with E-state index >= 15 is 0 Å². The van der Waals surface area contributed by atoms with Crippen molar-refractivity contribution >= 4 is 11.9 Å². The number of aliphatic carboxylic acids is 1. The summed E-state index contributed by atoms with van der Waals surface area (Å²) in [6.07, 6.45) is 3.92. The van der Waals surface area contributed by atoms with Gasteiger partial charge in [0.05, 0.1) is 12.1 Å². The number of carbonyl (C=O) groups excluding carboxylic acids is 1. The molecule has 1 aromatic heterocycles. The van der Waals surface area contributed by atoms with E-state index in [0.717, 1.165) is 24.1 Å². The van der Waals surface area contributed by atoms with Crippen LogP contribution in [0.25, 0.3) is 5.69 Å². The number of carboxylic acids is 1. The highest BCUT2D eigenvalue weighted by Crippen LogP contribution is 2.19. The predicted octanol–water partition coefficient (Wildman–Crippen LogP) is 0.670. The van der Waals surface area contributed by atoms with E-state index < -0.39 is 12.0 Å². The summed E-state index contributed by atoms with van der Waals surface area (Å²) in [6.45, 7) is 0.512. The van der Waals surface area contributed by atoms with E-state index in [1.54, 1.807) is 0 Å². The summed E-state index contributed by atoms with van der Waals surface area (Å²) in [4.78, 5) is 25.2. The van der Waals surface area contributed by atoms with E-state index in [9.17, 15) is 14.7 Å². The lowest BCUT2D eigenvalue weighted by atomic mass is 10.0. The molecule has 8 heteroatoms. The molecule has 3 rings (SSSR count).